The second-order valence-electron chi connectivity index (χ2n) is 3.05. The molecule has 1 aromatic rings. The SMILES string of the molecule is CCOC(=O)C[C@@H](N)c1ccc([N+](=O)[O-])s1.Cl. The Bertz CT molecular complexity index is 396. The van der Waals surface area contributed by atoms with Crippen molar-refractivity contribution in [2.45, 2.75) is 19.4 Å². The summed E-state index contributed by atoms with van der Waals surface area (Å²) in [6.45, 7) is 2.01. The topological polar surface area (TPSA) is 95.5 Å². The van der Waals surface area contributed by atoms with Crippen LogP contribution in [0.25, 0.3) is 0 Å². The van der Waals surface area contributed by atoms with Gasteiger partial charge in [-0.25, -0.2) is 0 Å². The van der Waals surface area contributed by atoms with Crippen molar-refractivity contribution in [1.29, 1.82) is 0 Å². The number of halogens is 1. The molecule has 2 N–H and O–H groups in total. The summed E-state index contributed by atoms with van der Waals surface area (Å²) in [4.78, 5) is 21.7. The monoisotopic (exact) mass is 280 g/mol. The van der Waals surface area contributed by atoms with Crippen LogP contribution >= 0.6 is 23.7 Å². The van der Waals surface area contributed by atoms with Crippen molar-refractivity contribution in [3.05, 3.63) is 27.1 Å². The van der Waals surface area contributed by atoms with Crippen LogP contribution < -0.4 is 5.73 Å². The smallest absolute Gasteiger partial charge is 0.324 e. The summed E-state index contributed by atoms with van der Waals surface area (Å²) in [6.07, 6.45) is 0.0332. The standard InChI is InChI=1S/C9H12N2O4S.ClH/c1-2-15-9(12)5-6(10)7-3-4-8(16-7)11(13)14;/h3-4,6H,2,5,10H2,1H3;1H/t6-;/m1./s1. The summed E-state index contributed by atoms with van der Waals surface area (Å²) in [5, 5.41) is 10.5. The van der Waals surface area contributed by atoms with Crippen LogP contribution in [-0.4, -0.2) is 17.5 Å². The zero-order chi connectivity index (χ0) is 12.1. The average molecular weight is 281 g/mol. The average Bonchev–Trinajstić information content (AvgIpc) is 2.66. The van der Waals surface area contributed by atoms with Crippen molar-refractivity contribution in [2.75, 3.05) is 6.61 Å². The molecular weight excluding hydrogens is 268 g/mol. The van der Waals surface area contributed by atoms with Crippen LogP contribution in [0.2, 0.25) is 0 Å². The van der Waals surface area contributed by atoms with E-state index in [2.05, 4.69) is 0 Å². The van der Waals surface area contributed by atoms with Crippen molar-refractivity contribution in [2.24, 2.45) is 5.73 Å². The molecular formula is C9H13ClN2O4S. The third-order valence-electron chi connectivity index (χ3n) is 1.85. The lowest BCUT2D eigenvalue weighted by atomic mass is 10.2. The minimum atomic E-state index is -0.544. The van der Waals surface area contributed by atoms with E-state index in [1.165, 1.54) is 6.07 Å². The molecule has 0 saturated carbocycles. The maximum atomic E-state index is 11.1. The Kier molecular flexibility index (Phi) is 6.71. The van der Waals surface area contributed by atoms with Crippen molar-refractivity contribution in [3.63, 3.8) is 0 Å². The van der Waals surface area contributed by atoms with Gasteiger partial charge in [-0.05, 0) is 13.0 Å². The molecule has 0 aliphatic heterocycles. The van der Waals surface area contributed by atoms with Gasteiger partial charge in [0.15, 0.2) is 0 Å². The van der Waals surface area contributed by atoms with Gasteiger partial charge in [0.05, 0.1) is 18.0 Å². The molecule has 17 heavy (non-hydrogen) atoms. The minimum absolute atomic E-state index is 0. The summed E-state index contributed by atoms with van der Waals surface area (Å²) in [7, 11) is 0. The Morgan fingerprint density at radius 1 is 1.65 bits per heavy atom. The largest absolute Gasteiger partial charge is 0.466 e. The van der Waals surface area contributed by atoms with Gasteiger partial charge in [0.2, 0.25) is 0 Å². The Labute approximate surface area is 108 Å². The number of thiophene rings is 1. The molecule has 6 nitrogen and oxygen atoms in total. The van der Waals surface area contributed by atoms with E-state index >= 15 is 0 Å². The molecule has 1 heterocycles. The van der Waals surface area contributed by atoms with Gasteiger partial charge in [-0.2, -0.15) is 0 Å². The summed E-state index contributed by atoms with van der Waals surface area (Å²) >= 11 is 0.977. The van der Waals surface area contributed by atoms with Gasteiger partial charge in [0, 0.05) is 17.0 Å². The number of hydrogen-bond acceptors (Lipinski definition) is 6. The van der Waals surface area contributed by atoms with E-state index in [-0.39, 0.29) is 23.8 Å². The fourth-order valence-electron chi connectivity index (χ4n) is 1.14. The number of rotatable bonds is 5. The second kappa shape index (κ2) is 7.21. The van der Waals surface area contributed by atoms with Crippen LogP contribution in [0.4, 0.5) is 5.00 Å². The van der Waals surface area contributed by atoms with E-state index < -0.39 is 16.9 Å². The highest BCUT2D eigenvalue weighted by atomic mass is 35.5. The van der Waals surface area contributed by atoms with Crippen LogP contribution in [-0.2, 0) is 9.53 Å². The number of nitrogens with zero attached hydrogens (tertiary/aromatic N) is 1. The fraction of sp³-hybridized carbons (Fsp3) is 0.444. The molecule has 8 heteroatoms. The highest BCUT2D eigenvalue weighted by Gasteiger charge is 2.17. The summed E-state index contributed by atoms with van der Waals surface area (Å²) in [5.74, 6) is -0.397. The maximum Gasteiger partial charge on any atom is 0.324 e. The Hall–Kier alpha value is -1.18. The predicted molar refractivity (Wildman–Crippen MR) is 66.4 cm³/mol. The first-order valence-electron chi connectivity index (χ1n) is 4.70. The van der Waals surface area contributed by atoms with Crippen LogP contribution in [0.1, 0.15) is 24.3 Å². The Morgan fingerprint density at radius 3 is 2.76 bits per heavy atom. The lowest BCUT2D eigenvalue weighted by Crippen LogP contribution is -2.16. The number of hydrogen-bond donors (Lipinski definition) is 1. The Balaban J connectivity index is 0.00000256. The van der Waals surface area contributed by atoms with Crippen LogP contribution in [0.15, 0.2) is 12.1 Å². The lowest BCUT2D eigenvalue weighted by molar-refractivity contribution is -0.380. The highest BCUT2D eigenvalue weighted by Crippen LogP contribution is 2.29. The third kappa shape index (κ3) is 4.68. The van der Waals surface area contributed by atoms with Crippen LogP contribution in [0.3, 0.4) is 0 Å². The van der Waals surface area contributed by atoms with Gasteiger partial charge >= 0.3 is 11.0 Å². The zero-order valence-electron chi connectivity index (χ0n) is 9.12. The predicted octanol–water partition coefficient (Wildman–Crippen LogP) is 2.03. The molecule has 0 radical (unpaired) electrons. The van der Waals surface area contributed by atoms with Crippen molar-refractivity contribution >= 4 is 34.7 Å². The van der Waals surface area contributed by atoms with Crippen molar-refractivity contribution < 1.29 is 14.5 Å². The zero-order valence-corrected chi connectivity index (χ0v) is 10.8. The van der Waals surface area contributed by atoms with Gasteiger partial charge in [-0.1, -0.05) is 11.3 Å². The number of nitrogens with two attached hydrogens (primary N) is 1. The molecule has 0 aliphatic carbocycles. The van der Waals surface area contributed by atoms with E-state index in [4.69, 9.17) is 10.5 Å². The van der Waals surface area contributed by atoms with Gasteiger partial charge < -0.3 is 10.5 Å². The summed E-state index contributed by atoms with van der Waals surface area (Å²) in [6, 6.07) is 2.40. The van der Waals surface area contributed by atoms with Gasteiger partial charge in [-0.15, -0.1) is 12.4 Å². The molecule has 0 fully saturated rings. The van der Waals surface area contributed by atoms with E-state index in [0.717, 1.165) is 11.3 Å². The molecule has 0 saturated heterocycles. The first kappa shape index (κ1) is 15.8. The van der Waals surface area contributed by atoms with E-state index in [0.29, 0.717) is 11.5 Å². The maximum absolute atomic E-state index is 11.1. The summed E-state index contributed by atoms with van der Waals surface area (Å²) < 4.78 is 4.74. The molecule has 1 atom stereocenters. The first-order chi connectivity index (χ1) is 7.54. The molecule has 0 bridgehead atoms. The fourth-order valence-corrected chi connectivity index (χ4v) is 1.96. The number of esters is 1. The molecule has 0 amide bonds. The molecule has 0 aromatic carbocycles. The molecule has 96 valence electrons. The molecule has 1 aromatic heterocycles. The quantitative estimate of drug-likeness (QED) is 0.506. The lowest BCUT2D eigenvalue weighted by Gasteiger charge is -2.07. The third-order valence-corrected chi connectivity index (χ3v) is 3.02. The van der Waals surface area contributed by atoms with Crippen LogP contribution in [0.5, 0.6) is 0 Å². The molecule has 0 unspecified atom stereocenters. The van der Waals surface area contributed by atoms with E-state index in [1.807, 2.05) is 0 Å². The number of nitro groups is 1. The number of ether oxygens (including phenoxy) is 1. The molecule has 0 spiro atoms. The number of carbonyl (C=O) groups excluding carboxylic acids is 1. The second-order valence-corrected chi connectivity index (χ2v) is 4.14. The molecule has 0 aliphatic rings. The summed E-state index contributed by atoms with van der Waals surface area (Å²) in [5.41, 5.74) is 5.73. The van der Waals surface area contributed by atoms with E-state index in [9.17, 15) is 14.9 Å². The van der Waals surface area contributed by atoms with Crippen LogP contribution in [0, 0.1) is 10.1 Å². The minimum Gasteiger partial charge on any atom is -0.466 e. The van der Waals surface area contributed by atoms with Gasteiger partial charge in [0.25, 0.3) is 0 Å². The van der Waals surface area contributed by atoms with Gasteiger partial charge in [0.1, 0.15) is 0 Å². The highest BCUT2D eigenvalue weighted by molar-refractivity contribution is 7.15. The van der Waals surface area contributed by atoms with Crippen molar-refractivity contribution in [3.8, 4) is 0 Å². The van der Waals surface area contributed by atoms with Crippen molar-refractivity contribution in [1.82, 2.24) is 0 Å². The van der Waals surface area contributed by atoms with E-state index in [1.54, 1.807) is 13.0 Å². The normalized spacial score (nSPS) is 11.4. The number of carbonyl (C=O) groups is 1. The van der Waals surface area contributed by atoms with Gasteiger partial charge in [-0.3, -0.25) is 14.9 Å². The Morgan fingerprint density at radius 2 is 2.29 bits per heavy atom. The molecule has 1 rings (SSSR count). The first-order valence-corrected chi connectivity index (χ1v) is 5.51.